The minimum Gasteiger partial charge on any atom is -0.466 e. The van der Waals surface area contributed by atoms with Crippen LogP contribution in [0.25, 0.3) is 11.0 Å². The van der Waals surface area contributed by atoms with E-state index < -0.39 is 0 Å². The van der Waals surface area contributed by atoms with Gasteiger partial charge in [-0.05, 0) is 45.0 Å². The van der Waals surface area contributed by atoms with Gasteiger partial charge in [0.1, 0.15) is 5.82 Å². The highest BCUT2D eigenvalue weighted by molar-refractivity contribution is 5.85. The third kappa shape index (κ3) is 4.24. The zero-order valence-corrected chi connectivity index (χ0v) is 14.5. The molecule has 7 heteroatoms. The Kier molecular flexibility index (Phi) is 6.57. The van der Waals surface area contributed by atoms with Gasteiger partial charge in [-0.2, -0.15) is 0 Å². The van der Waals surface area contributed by atoms with Gasteiger partial charge in [0.15, 0.2) is 5.58 Å². The lowest BCUT2D eigenvalue weighted by Gasteiger charge is -2.30. The van der Waals surface area contributed by atoms with E-state index in [1.165, 1.54) is 12.1 Å². The number of carbonyl (C=O) groups is 1. The van der Waals surface area contributed by atoms with Crippen LogP contribution < -0.4 is 0 Å². The molecule has 2 aromatic rings. The molecule has 0 radical (unpaired) electrons. The standard InChI is InChI=1S/C17H21FN2O3.ClH/c1-2-22-16(21)7-10-20-8-5-12(6-9-20)17-14-4-3-13(18)11-15(14)23-19-17;/h3-4,11-12H,2,5-10H2,1H3;1H. The zero-order valence-electron chi connectivity index (χ0n) is 13.7. The van der Waals surface area contributed by atoms with Crippen molar-refractivity contribution >= 4 is 29.3 Å². The Morgan fingerprint density at radius 1 is 1.42 bits per heavy atom. The zero-order chi connectivity index (χ0) is 16.2. The van der Waals surface area contributed by atoms with Crippen molar-refractivity contribution < 1.29 is 18.4 Å². The smallest absolute Gasteiger partial charge is 0.307 e. The van der Waals surface area contributed by atoms with Gasteiger partial charge in [-0.3, -0.25) is 4.79 Å². The molecule has 1 fully saturated rings. The third-order valence-corrected chi connectivity index (χ3v) is 4.37. The first kappa shape index (κ1) is 18.7. The summed E-state index contributed by atoms with van der Waals surface area (Å²) in [7, 11) is 0. The molecule has 0 amide bonds. The Balaban J connectivity index is 0.00000208. The van der Waals surface area contributed by atoms with Gasteiger partial charge >= 0.3 is 5.97 Å². The first-order valence-electron chi connectivity index (χ1n) is 8.10. The monoisotopic (exact) mass is 356 g/mol. The number of ether oxygens (including phenoxy) is 1. The number of aromatic nitrogens is 1. The Morgan fingerprint density at radius 2 is 2.17 bits per heavy atom. The molecule has 1 aliphatic heterocycles. The summed E-state index contributed by atoms with van der Waals surface area (Å²) in [5, 5.41) is 5.05. The second-order valence-corrected chi connectivity index (χ2v) is 5.88. The van der Waals surface area contributed by atoms with E-state index in [0.29, 0.717) is 24.5 Å². The Labute approximate surface area is 146 Å². The van der Waals surface area contributed by atoms with Crippen molar-refractivity contribution in [1.82, 2.24) is 10.1 Å². The number of carbonyl (C=O) groups excluding carboxylic acids is 1. The quantitative estimate of drug-likeness (QED) is 0.767. The Morgan fingerprint density at radius 3 is 2.88 bits per heavy atom. The fraction of sp³-hybridized carbons (Fsp3) is 0.529. The molecular weight excluding hydrogens is 335 g/mol. The first-order valence-corrected chi connectivity index (χ1v) is 8.10. The molecule has 5 nitrogen and oxygen atoms in total. The van der Waals surface area contributed by atoms with Crippen LogP contribution in [0.5, 0.6) is 0 Å². The van der Waals surface area contributed by atoms with Crippen molar-refractivity contribution in [3.8, 4) is 0 Å². The molecular formula is C17H22ClFN2O3. The molecule has 0 atom stereocenters. The molecule has 1 saturated heterocycles. The van der Waals surface area contributed by atoms with Gasteiger partial charge in [-0.25, -0.2) is 4.39 Å². The molecule has 0 bridgehead atoms. The normalized spacial score (nSPS) is 16.1. The number of benzene rings is 1. The fourth-order valence-electron chi connectivity index (χ4n) is 3.14. The van der Waals surface area contributed by atoms with Gasteiger partial charge in [-0.15, -0.1) is 12.4 Å². The average Bonchev–Trinajstić information content (AvgIpc) is 2.96. The molecule has 0 unspecified atom stereocenters. The average molecular weight is 357 g/mol. The summed E-state index contributed by atoms with van der Waals surface area (Å²) in [6.07, 6.45) is 2.36. The van der Waals surface area contributed by atoms with E-state index in [0.717, 1.165) is 43.6 Å². The van der Waals surface area contributed by atoms with Gasteiger partial charge in [0, 0.05) is 23.9 Å². The second kappa shape index (κ2) is 8.44. The molecule has 0 saturated carbocycles. The van der Waals surface area contributed by atoms with Crippen LogP contribution in [-0.2, 0) is 9.53 Å². The van der Waals surface area contributed by atoms with Crippen LogP contribution in [0.15, 0.2) is 22.7 Å². The van der Waals surface area contributed by atoms with Gasteiger partial charge < -0.3 is 14.2 Å². The third-order valence-electron chi connectivity index (χ3n) is 4.37. The lowest BCUT2D eigenvalue weighted by atomic mass is 9.91. The minimum atomic E-state index is -0.311. The molecule has 24 heavy (non-hydrogen) atoms. The summed E-state index contributed by atoms with van der Waals surface area (Å²) in [4.78, 5) is 13.7. The van der Waals surface area contributed by atoms with E-state index in [1.807, 2.05) is 6.92 Å². The van der Waals surface area contributed by atoms with Gasteiger partial charge in [0.25, 0.3) is 0 Å². The van der Waals surface area contributed by atoms with Crippen LogP contribution in [-0.4, -0.2) is 42.3 Å². The van der Waals surface area contributed by atoms with Crippen molar-refractivity contribution in [3.05, 3.63) is 29.7 Å². The SMILES string of the molecule is CCOC(=O)CCN1CCC(c2noc3cc(F)ccc23)CC1.Cl. The van der Waals surface area contributed by atoms with Crippen LogP contribution >= 0.6 is 12.4 Å². The Hall–Kier alpha value is -1.66. The first-order chi connectivity index (χ1) is 11.2. The van der Waals surface area contributed by atoms with Gasteiger partial charge in [0.2, 0.25) is 0 Å². The number of esters is 1. The summed E-state index contributed by atoms with van der Waals surface area (Å²) in [5.41, 5.74) is 1.43. The molecule has 1 aromatic heterocycles. The van der Waals surface area contributed by atoms with E-state index >= 15 is 0 Å². The molecule has 0 N–H and O–H groups in total. The summed E-state index contributed by atoms with van der Waals surface area (Å²) in [6, 6.07) is 4.56. The predicted octanol–water partition coefficient (Wildman–Crippen LogP) is 3.52. The van der Waals surface area contributed by atoms with E-state index in [4.69, 9.17) is 9.26 Å². The fourth-order valence-corrected chi connectivity index (χ4v) is 3.14. The van der Waals surface area contributed by atoms with Crippen molar-refractivity contribution in [3.63, 3.8) is 0 Å². The summed E-state index contributed by atoms with van der Waals surface area (Å²) < 4.78 is 23.4. The molecule has 2 heterocycles. The number of rotatable bonds is 5. The van der Waals surface area contributed by atoms with E-state index in [1.54, 1.807) is 6.07 Å². The lowest BCUT2D eigenvalue weighted by molar-refractivity contribution is -0.143. The minimum absolute atomic E-state index is 0. The maximum absolute atomic E-state index is 13.2. The van der Waals surface area contributed by atoms with Crippen LogP contribution in [0.1, 0.15) is 37.8 Å². The number of piperidine rings is 1. The number of hydrogen-bond donors (Lipinski definition) is 0. The van der Waals surface area contributed by atoms with Crippen LogP contribution in [0.3, 0.4) is 0 Å². The molecule has 132 valence electrons. The predicted molar refractivity (Wildman–Crippen MR) is 90.9 cm³/mol. The molecule has 0 aliphatic carbocycles. The van der Waals surface area contributed by atoms with Gasteiger partial charge in [-0.1, -0.05) is 5.16 Å². The molecule has 3 rings (SSSR count). The number of nitrogens with zero attached hydrogens (tertiary/aromatic N) is 2. The maximum atomic E-state index is 13.2. The van der Waals surface area contributed by atoms with Gasteiger partial charge in [0.05, 0.1) is 18.7 Å². The largest absolute Gasteiger partial charge is 0.466 e. The molecule has 1 aliphatic rings. The van der Waals surface area contributed by atoms with E-state index in [9.17, 15) is 9.18 Å². The molecule has 0 spiro atoms. The highest BCUT2D eigenvalue weighted by Crippen LogP contribution is 2.32. The van der Waals surface area contributed by atoms with Crippen molar-refractivity contribution in [2.75, 3.05) is 26.2 Å². The summed E-state index contributed by atoms with van der Waals surface area (Å²) in [5.74, 6) is -0.131. The van der Waals surface area contributed by atoms with Crippen molar-refractivity contribution in [1.29, 1.82) is 0 Å². The van der Waals surface area contributed by atoms with E-state index in [2.05, 4.69) is 10.1 Å². The van der Waals surface area contributed by atoms with E-state index in [-0.39, 0.29) is 24.2 Å². The van der Waals surface area contributed by atoms with Crippen molar-refractivity contribution in [2.24, 2.45) is 0 Å². The number of likely N-dealkylation sites (tertiary alicyclic amines) is 1. The van der Waals surface area contributed by atoms with Crippen LogP contribution in [0.2, 0.25) is 0 Å². The van der Waals surface area contributed by atoms with Crippen molar-refractivity contribution in [2.45, 2.75) is 32.1 Å². The number of hydrogen-bond acceptors (Lipinski definition) is 5. The second-order valence-electron chi connectivity index (χ2n) is 5.88. The highest BCUT2D eigenvalue weighted by atomic mass is 35.5. The lowest BCUT2D eigenvalue weighted by Crippen LogP contribution is -2.34. The highest BCUT2D eigenvalue weighted by Gasteiger charge is 2.25. The summed E-state index contributed by atoms with van der Waals surface area (Å²) in [6.45, 7) is 4.81. The Bertz CT molecular complexity index is 684. The number of halogens is 2. The topological polar surface area (TPSA) is 55.6 Å². The summed E-state index contributed by atoms with van der Waals surface area (Å²) >= 11 is 0. The van der Waals surface area contributed by atoms with Crippen LogP contribution in [0, 0.1) is 5.82 Å². The van der Waals surface area contributed by atoms with Crippen LogP contribution in [0.4, 0.5) is 4.39 Å². The molecule has 1 aromatic carbocycles. The maximum Gasteiger partial charge on any atom is 0.307 e. The number of fused-ring (bicyclic) bond motifs is 1.